The second kappa shape index (κ2) is 5.01. The highest BCUT2D eigenvalue weighted by Crippen LogP contribution is 2.34. The van der Waals surface area contributed by atoms with Gasteiger partial charge in [0.1, 0.15) is 4.90 Å². The van der Waals surface area contributed by atoms with E-state index in [1.54, 1.807) is 4.68 Å². The Kier molecular flexibility index (Phi) is 3.77. The van der Waals surface area contributed by atoms with Crippen LogP contribution in [0.3, 0.4) is 0 Å². The quantitative estimate of drug-likeness (QED) is 0.902. The molecule has 3 atom stereocenters. The summed E-state index contributed by atoms with van der Waals surface area (Å²) in [6.07, 6.45) is 7.37. The van der Waals surface area contributed by atoms with Crippen molar-refractivity contribution in [3.05, 3.63) is 12.4 Å². The van der Waals surface area contributed by atoms with Gasteiger partial charge in [0, 0.05) is 12.5 Å². The zero-order valence-corrected chi connectivity index (χ0v) is 11.6. The summed E-state index contributed by atoms with van der Waals surface area (Å²) in [5.74, 6) is 0.587. The van der Waals surface area contributed by atoms with Crippen LogP contribution in [0.5, 0.6) is 0 Å². The van der Waals surface area contributed by atoms with Crippen molar-refractivity contribution in [2.24, 2.45) is 5.92 Å². The van der Waals surface area contributed by atoms with E-state index in [9.17, 15) is 13.5 Å². The van der Waals surface area contributed by atoms with Crippen LogP contribution in [-0.2, 0) is 9.84 Å². The maximum absolute atomic E-state index is 11.4. The van der Waals surface area contributed by atoms with Crippen molar-refractivity contribution in [1.82, 2.24) is 9.78 Å². The van der Waals surface area contributed by atoms with Gasteiger partial charge in [0.25, 0.3) is 0 Å². The van der Waals surface area contributed by atoms with Gasteiger partial charge in [-0.15, -0.1) is 0 Å². The lowest BCUT2D eigenvalue weighted by Crippen LogP contribution is -2.31. The fourth-order valence-electron chi connectivity index (χ4n) is 2.56. The molecule has 102 valence electrons. The Balaban J connectivity index is 2.22. The normalized spacial score (nSPS) is 29.4. The molecule has 0 amide bonds. The van der Waals surface area contributed by atoms with Crippen LogP contribution in [0.25, 0.3) is 0 Å². The van der Waals surface area contributed by atoms with Crippen LogP contribution in [-0.4, -0.2) is 35.7 Å². The highest BCUT2D eigenvalue weighted by molar-refractivity contribution is 7.90. The van der Waals surface area contributed by atoms with E-state index in [0.29, 0.717) is 5.92 Å². The predicted octanol–water partition coefficient (Wildman–Crippen LogP) is 1.40. The van der Waals surface area contributed by atoms with Crippen LogP contribution in [0, 0.1) is 5.92 Å². The number of aliphatic hydroxyl groups excluding tert-OH is 1. The van der Waals surface area contributed by atoms with E-state index in [4.69, 9.17) is 0 Å². The minimum absolute atomic E-state index is 0.0980. The van der Waals surface area contributed by atoms with Crippen LogP contribution in [0.1, 0.15) is 38.6 Å². The summed E-state index contributed by atoms with van der Waals surface area (Å²) >= 11 is 0. The van der Waals surface area contributed by atoms with Crippen molar-refractivity contribution in [2.75, 3.05) is 6.26 Å². The summed E-state index contributed by atoms with van der Waals surface area (Å²) in [7, 11) is -3.22. The molecule has 0 bridgehead atoms. The maximum Gasteiger partial charge on any atom is 0.178 e. The molecule has 1 aromatic rings. The summed E-state index contributed by atoms with van der Waals surface area (Å²) in [6, 6.07) is -0.0980. The number of sulfone groups is 1. The molecule has 3 unspecified atom stereocenters. The first kappa shape index (κ1) is 13.5. The second-order valence-electron chi connectivity index (χ2n) is 5.15. The van der Waals surface area contributed by atoms with Crippen LogP contribution in [0.2, 0.25) is 0 Å². The molecule has 1 N–H and O–H groups in total. The fourth-order valence-corrected chi connectivity index (χ4v) is 3.10. The van der Waals surface area contributed by atoms with E-state index in [-0.39, 0.29) is 10.9 Å². The molecule has 0 aromatic carbocycles. The first-order chi connectivity index (χ1) is 8.41. The van der Waals surface area contributed by atoms with Crippen molar-refractivity contribution in [3.63, 3.8) is 0 Å². The van der Waals surface area contributed by atoms with E-state index in [1.165, 1.54) is 18.6 Å². The van der Waals surface area contributed by atoms with Gasteiger partial charge in [-0.3, -0.25) is 4.68 Å². The maximum atomic E-state index is 11.4. The van der Waals surface area contributed by atoms with Gasteiger partial charge in [-0.2, -0.15) is 5.10 Å². The number of rotatable bonds is 3. The molecule has 1 heterocycles. The Hall–Kier alpha value is -0.880. The molecule has 0 aliphatic heterocycles. The third kappa shape index (κ3) is 2.75. The highest BCUT2D eigenvalue weighted by atomic mass is 32.2. The van der Waals surface area contributed by atoms with Gasteiger partial charge >= 0.3 is 0 Å². The van der Waals surface area contributed by atoms with Gasteiger partial charge in [-0.05, 0) is 25.2 Å². The van der Waals surface area contributed by atoms with Gasteiger partial charge in [0.2, 0.25) is 0 Å². The molecular formula is C12H20N2O3S. The lowest BCUT2D eigenvalue weighted by atomic mass is 9.82. The summed E-state index contributed by atoms with van der Waals surface area (Å²) in [6.45, 7) is 2.14. The van der Waals surface area contributed by atoms with E-state index in [1.807, 2.05) is 0 Å². The summed E-state index contributed by atoms with van der Waals surface area (Å²) in [5, 5.41) is 14.1. The minimum Gasteiger partial charge on any atom is -0.391 e. The van der Waals surface area contributed by atoms with E-state index in [2.05, 4.69) is 12.0 Å². The first-order valence-corrected chi connectivity index (χ1v) is 8.23. The molecule has 6 heteroatoms. The number of aromatic nitrogens is 2. The average Bonchev–Trinajstić information content (AvgIpc) is 2.78. The molecule has 1 aliphatic rings. The van der Waals surface area contributed by atoms with Crippen molar-refractivity contribution < 1.29 is 13.5 Å². The zero-order valence-electron chi connectivity index (χ0n) is 10.8. The van der Waals surface area contributed by atoms with E-state index in [0.717, 1.165) is 25.7 Å². The van der Waals surface area contributed by atoms with Gasteiger partial charge in [-0.1, -0.05) is 13.3 Å². The Bertz CT molecular complexity index is 509. The predicted molar refractivity (Wildman–Crippen MR) is 68.0 cm³/mol. The molecule has 0 radical (unpaired) electrons. The Morgan fingerprint density at radius 3 is 2.78 bits per heavy atom. The van der Waals surface area contributed by atoms with Crippen LogP contribution >= 0.6 is 0 Å². The molecular weight excluding hydrogens is 252 g/mol. The molecule has 18 heavy (non-hydrogen) atoms. The molecule has 0 saturated heterocycles. The largest absolute Gasteiger partial charge is 0.391 e. The molecule has 1 aromatic heterocycles. The van der Waals surface area contributed by atoms with E-state index >= 15 is 0 Å². The average molecular weight is 272 g/mol. The smallest absolute Gasteiger partial charge is 0.178 e. The lowest BCUT2D eigenvalue weighted by molar-refractivity contribution is 0.0475. The standard InChI is InChI=1S/C12H20N2O3S/c1-3-9-4-5-12(15)11(6-9)14-8-10(7-13-14)18(2,16)17/h7-9,11-12,15H,3-6H2,1-2H3. The number of hydrogen-bond acceptors (Lipinski definition) is 4. The van der Waals surface area contributed by atoms with Crippen LogP contribution < -0.4 is 0 Å². The first-order valence-electron chi connectivity index (χ1n) is 6.34. The molecule has 5 nitrogen and oxygen atoms in total. The van der Waals surface area contributed by atoms with Crippen LogP contribution in [0.15, 0.2) is 17.3 Å². The topological polar surface area (TPSA) is 72.2 Å². The van der Waals surface area contributed by atoms with Gasteiger partial charge in [-0.25, -0.2) is 8.42 Å². The zero-order chi connectivity index (χ0) is 13.3. The Morgan fingerprint density at radius 1 is 1.50 bits per heavy atom. The monoisotopic (exact) mass is 272 g/mol. The molecule has 0 spiro atoms. The Morgan fingerprint density at radius 2 is 2.22 bits per heavy atom. The highest BCUT2D eigenvalue weighted by Gasteiger charge is 2.30. The fraction of sp³-hybridized carbons (Fsp3) is 0.750. The Labute approximate surface area is 108 Å². The second-order valence-corrected chi connectivity index (χ2v) is 7.17. The molecule has 1 fully saturated rings. The van der Waals surface area contributed by atoms with E-state index < -0.39 is 15.9 Å². The number of aliphatic hydroxyl groups is 1. The SMILES string of the molecule is CCC1CCC(O)C(n2cc(S(C)(=O)=O)cn2)C1. The van der Waals surface area contributed by atoms with Gasteiger partial charge in [0.15, 0.2) is 9.84 Å². The van der Waals surface area contributed by atoms with Crippen molar-refractivity contribution in [3.8, 4) is 0 Å². The molecule has 1 saturated carbocycles. The van der Waals surface area contributed by atoms with Crippen LogP contribution in [0.4, 0.5) is 0 Å². The minimum atomic E-state index is -3.22. The third-order valence-corrected chi connectivity index (χ3v) is 4.88. The summed E-state index contributed by atoms with van der Waals surface area (Å²) in [4.78, 5) is 0.216. The molecule has 1 aliphatic carbocycles. The third-order valence-electron chi connectivity index (χ3n) is 3.81. The summed E-state index contributed by atoms with van der Waals surface area (Å²) in [5.41, 5.74) is 0. The lowest BCUT2D eigenvalue weighted by Gasteiger charge is -2.32. The van der Waals surface area contributed by atoms with Gasteiger partial charge in [0.05, 0.1) is 18.3 Å². The van der Waals surface area contributed by atoms with Gasteiger partial charge < -0.3 is 5.11 Å². The number of nitrogens with zero attached hydrogens (tertiary/aromatic N) is 2. The number of hydrogen-bond donors (Lipinski definition) is 1. The summed E-state index contributed by atoms with van der Waals surface area (Å²) < 4.78 is 24.4. The van der Waals surface area contributed by atoms with Crippen molar-refractivity contribution >= 4 is 9.84 Å². The van der Waals surface area contributed by atoms with Crippen molar-refractivity contribution in [1.29, 1.82) is 0 Å². The van der Waals surface area contributed by atoms with Crippen molar-refractivity contribution in [2.45, 2.75) is 49.6 Å². The molecule has 2 rings (SSSR count).